The van der Waals surface area contributed by atoms with E-state index in [4.69, 9.17) is 16.0 Å². The molecule has 0 aliphatic rings. The van der Waals surface area contributed by atoms with Crippen molar-refractivity contribution in [3.8, 4) is 11.3 Å². The molecule has 3 rings (SSSR count). The van der Waals surface area contributed by atoms with Crippen LogP contribution < -0.4 is 10.6 Å². The Morgan fingerprint density at radius 1 is 1.03 bits per heavy atom. The lowest BCUT2D eigenvalue weighted by atomic mass is 10.1. The van der Waals surface area contributed by atoms with E-state index in [1.54, 1.807) is 48.2 Å². The maximum atomic E-state index is 12.7. The third-order valence-corrected chi connectivity index (χ3v) is 5.39. The molecule has 2 amide bonds. The molecule has 2 N–H and O–H groups in total. The smallest absolute Gasteiger partial charge is 0.251 e. The third kappa shape index (κ3) is 6.15. The fourth-order valence-electron chi connectivity index (χ4n) is 2.88. The van der Waals surface area contributed by atoms with Crippen molar-refractivity contribution in [3.63, 3.8) is 0 Å². The monoisotopic (exact) mass is 442 g/mol. The highest BCUT2D eigenvalue weighted by Gasteiger charge is 2.21. The molecular formula is C23H23ClN2O3S. The van der Waals surface area contributed by atoms with E-state index in [9.17, 15) is 9.59 Å². The average Bonchev–Trinajstić information content (AvgIpc) is 3.25. The first-order valence-electron chi connectivity index (χ1n) is 9.54. The van der Waals surface area contributed by atoms with Crippen molar-refractivity contribution < 1.29 is 14.0 Å². The van der Waals surface area contributed by atoms with Crippen molar-refractivity contribution in [1.82, 2.24) is 10.6 Å². The van der Waals surface area contributed by atoms with Crippen LogP contribution in [-0.4, -0.2) is 29.9 Å². The molecule has 0 aliphatic carbocycles. The SMILES string of the molecule is CSCCC(NC(=O)c1ccccc1)C(=O)NCc1ccc(-c2ccc(Cl)cc2)o1. The predicted molar refractivity (Wildman–Crippen MR) is 122 cm³/mol. The van der Waals surface area contributed by atoms with Gasteiger partial charge in [-0.05, 0) is 67.0 Å². The molecule has 3 aromatic rings. The maximum absolute atomic E-state index is 12.7. The second-order valence-corrected chi connectivity index (χ2v) is 8.09. The molecular weight excluding hydrogens is 420 g/mol. The van der Waals surface area contributed by atoms with Gasteiger partial charge in [0.15, 0.2) is 0 Å². The summed E-state index contributed by atoms with van der Waals surface area (Å²) in [5, 5.41) is 6.35. The zero-order chi connectivity index (χ0) is 21.3. The van der Waals surface area contributed by atoms with Crippen LogP contribution in [0.2, 0.25) is 5.02 Å². The summed E-state index contributed by atoms with van der Waals surface area (Å²) in [7, 11) is 0. The molecule has 0 radical (unpaired) electrons. The van der Waals surface area contributed by atoms with Crippen molar-refractivity contribution in [3.05, 3.63) is 83.1 Å². The van der Waals surface area contributed by atoms with Crippen LogP contribution >= 0.6 is 23.4 Å². The number of hydrogen-bond donors (Lipinski definition) is 2. The van der Waals surface area contributed by atoms with E-state index in [1.807, 2.05) is 36.6 Å². The molecule has 0 saturated carbocycles. The van der Waals surface area contributed by atoms with Gasteiger partial charge in [-0.1, -0.05) is 29.8 Å². The van der Waals surface area contributed by atoms with E-state index in [2.05, 4.69) is 10.6 Å². The van der Waals surface area contributed by atoms with Gasteiger partial charge in [0.25, 0.3) is 5.91 Å². The Bertz CT molecular complexity index is 974. The molecule has 0 bridgehead atoms. The Balaban J connectivity index is 1.60. The molecule has 7 heteroatoms. The third-order valence-electron chi connectivity index (χ3n) is 4.50. The van der Waals surface area contributed by atoms with Crippen LogP contribution in [0.4, 0.5) is 0 Å². The molecule has 0 fully saturated rings. The summed E-state index contributed by atoms with van der Waals surface area (Å²) < 4.78 is 5.82. The summed E-state index contributed by atoms with van der Waals surface area (Å²) in [6, 6.07) is 19.3. The Hall–Kier alpha value is -2.70. The van der Waals surface area contributed by atoms with E-state index in [1.165, 1.54) is 0 Å². The van der Waals surface area contributed by atoms with Crippen molar-refractivity contribution in [2.24, 2.45) is 0 Å². The Labute approximate surface area is 185 Å². The molecule has 1 unspecified atom stereocenters. The summed E-state index contributed by atoms with van der Waals surface area (Å²) >= 11 is 7.55. The molecule has 1 heterocycles. The molecule has 1 aromatic heterocycles. The number of benzene rings is 2. The number of carbonyl (C=O) groups is 2. The van der Waals surface area contributed by atoms with Crippen LogP contribution in [0.25, 0.3) is 11.3 Å². The van der Waals surface area contributed by atoms with Crippen molar-refractivity contribution in [2.45, 2.75) is 19.0 Å². The number of nitrogens with one attached hydrogen (secondary N) is 2. The molecule has 5 nitrogen and oxygen atoms in total. The number of furan rings is 1. The summed E-state index contributed by atoms with van der Waals surface area (Å²) in [5.41, 5.74) is 1.43. The first-order valence-corrected chi connectivity index (χ1v) is 11.3. The largest absolute Gasteiger partial charge is 0.459 e. The molecule has 0 saturated heterocycles. The highest BCUT2D eigenvalue weighted by atomic mass is 35.5. The Morgan fingerprint density at radius 3 is 2.47 bits per heavy atom. The van der Waals surface area contributed by atoms with Crippen LogP contribution in [0.3, 0.4) is 0 Å². The lowest BCUT2D eigenvalue weighted by Crippen LogP contribution is -2.46. The summed E-state index contributed by atoms with van der Waals surface area (Å²) in [6.07, 6.45) is 2.51. The van der Waals surface area contributed by atoms with Gasteiger partial charge in [-0.15, -0.1) is 0 Å². The van der Waals surface area contributed by atoms with Gasteiger partial charge in [-0.2, -0.15) is 11.8 Å². The number of amides is 2. The number of thioether (sulfide) groups is 1. The number of halogens is 1. The Morgan fingerprint density at radius 2 is 1.77 bits per heavy atom. The summed E-state index contributed by atoms with van der Waals surface area (Å²) in [6.45, 7) is 0.239. The van der Waals surface area contributed by atoms with Crippen molar-refractivity contribution in [2.75, 3.05) is 12.0 Å². The molecule has 0 spiro atoms. The second kappa shape index (κ2) is 10.9. The molecule has 0 aliphatic heterocycles. The van der Waals surface area contributed by atoms with E-state index in [0.717, 1.165) is 11.3 Å². The van der Waals surface area contributed by atoms with Crippen LogP contribution in [-0.2, 0) is 11.3 Å². The highest BCUT2D eigenvalue weighted by molar-refractivity contribution is 7.98. The van der Waals surface area contributed by atoms with Gasteiger partial charge >= 0.3 is 0 Å². The highest BCUT2D eigenvalue weighted by Crippen LogP contribution is 2.23. The maximum Gasteiger partial charge on any atom is 0.251 e. The van der Waals surface area contributed by atoms with E-state index in [0.29, 0.717) is 28.5 Å². The quantitative estimate of drug-likeness (QED) is 0.500. The van der Waals surface area contributed by atoms with Gasteiger partial charge in [-0.3, -0.25) is 9.59 Å². The molecule has 2 aromatic carbocycles. The number of rotatable bonds is 9. The number of hydrogen-bond acceptors (Lipinski definition) is 4. The minimum absolute atomic E-state index is 0.238. The second-order valence-electron chi connectivity index (χ2n) is 6.66. The summed E-state index contributed by atoms with van der Waals surface area (Å²) in [4.78, 5) is 25.2. The van der Waals surface area contributed by atoms with E-state index < -0.39 is 6.04 Å². The number of carbonyl (C=O) groups excluding carboxylic acids is 2. The van der Waals surface area contributed by atoms with Crippen LogP contribution in [0, 0.1) is 0 Å². The topological polar surface area (TPSA) is 71.3 Å². The van der Waals surface area contributed by atoms with Crippen LogP contribution in [0.15, 0.2) is 71.1 Å². The zero-order valence-corrected chi connectivity index (χ0v) is 18.1. The van der Waals surface area contributed by atoms with Crippen molar-refractivity contribution in [1.29, 1.82) is 0 Å². The van der Waals surface area contributed by atoms with Gasteiger partial charge in [-0.25, -0.2) is 0 Å². The van der Waals surface area contributed by atoms with E-state index in [-0.39, 0.29) is 18.4 Å². The molecule has 1 atom stereocenters. The lowest BCUT2D eigenvalue weighted by Gasteiger charge is -2.18. The first kappa shape index (κ1) is 22.0. The van der Waals surface area contributed by atoms with Gasteiger partial charge in [0.2, 0.25) is 5.91 Å². The molecule has 156 valence electrons. The fourth-order valence-corrected chi connectivity index (χ4v) is 3.47. The Kier molecular flexibility index (Phi) is 7.99. The minimum Gasteiger partial charge on any atom is -0.459 e. The fraction of sp³-hybridized carbons (Fsp3) is 0.217. The standard InChI is InChI=1S/C23H23ClN2O3S/c1-30-14-13-20(26-22(27)17-5-3-2-4-6-17)23(28)25-15-19-11-12-21(29-19)16-7-9-18(24)10-8-16/h2-12,20H,13-15H2,1H3,(H,25,28)(H,26,27). The summed E-state index contributed by atoms with van der Waals surface area (Å²) in [5.74, 6) is 1.59. The lowest BCUT2D eigenvalue weighted by molar-refractivity contribution is -0.123. The predicted octanol–water partition coefficient (Wildman–Crippen LogP) is 4.77. The normalized spacial score (nSPS) is 11.7. The zero-order valence-electron chi connectivity index (χ0n) is 16.6. The molecule has 30 heavy (non-hydrogen) atoms. The van der Waals surface area contributed by atoms with Gasteiger partial charge in [0.1, 0.15) is 17.6 Å². The van der Waals surface area contributed by atoms with E-state index >= 15 is 0 Å². The van der Waals surface area contributed by atoms with Crippen molar-refractivity contribution >= 4 is 35.2 Å². The van der Waals surface area contributed by atoms with Gasteiger partial charge < -0.3 is 15.1 Å². The average molecular weight is 443 g/mol. The van der Waals surface area contributed by atoms with Crippen LogP contribution in [0.5, 0.6) is 0 Å². The van der Waals surface area contributed by atoms with Gasteiger partial charge in [0, 0.05) is 16.1 Å². The van der Waals surface area contributed by atoms with Crippen LogP contribution in [0.1, 0.15) is 22.5 Å². The first-order chi connectivity index (χ1) is 14.6. The minimum atomic E-state index is -0.615. The van der Waals surface area contributed by atoms with Gasteiger partial charge in [0.05, 0.1) is 6.54 Å².